The first-order valence-electron chi connectivity index (χ1n) is 7.42. The third-order valence-electron chi connectivity index (χ3n) is 4.74. The number of benzene rings is 1. The zero-order valence-electron chi connectivity index (χ0n) is 12.5. The third kappa shape index (κ3) is 3.56. The minimum atomic E-state index is -0.568. The molecule has 3 rings (SSSR count). The molecule has 2 fully saturated rings. The normalized spacial score (nSPS) is 26.8. The lowest BCUT2D eigenvalue weighted by Crippen LogP contribution is -2.46. The van der Waals surface area contributed by atoms with Gasteiger partial charge in [-0.2, -0.15) is 0 Å². The standard InChI is InChI=1S/C15H20FN3O2.ClH/c1-18(14-6-11-3-4-12(7-14)17-11)9-10-2-5-13(19(20)21)8-15(10)16;/h2,5,8,11-12,14,17H,3-4,6-7,9H2,1H3;1H. The van der Waals surface area contributed by atoms with E-state index >= 15 is 0 Å². The van der Waals surface area contributed by atoms with Crippen LogP contribution < -0.4 is 5.32 Å². The Labute approximate surface area is 135 Å². The van der Waals surface area contributed by atoms with Gasteiger partial charge in [0.1, 0.15) is 5.82 Å². The van der Waals surface area contributed by atoms with Gasteiger partial charge in [0.05, 0.1) is 11.0 Å². The van der Waals surface area contributed by atoms with Crippen molar-refractivity contribution in [2.75, 3.05) is 7.05 Å². The average molecular weight is 330 g/mol. The number of hydrogen-bond donors (Lipinski definition) is 1. The minimum Gasteiger partial charge on any atom is -0.311 e. The predicted molar refractivity (Wildman–Crippen MR) is 84.7 cm³/mol. The maximum atomic E-state index is 14.0. The van der Waals surface area contributed by atoms with E-state index in [4.69, 9.17) is 0 Å². The lowest BCUT2D eigenvalue weighted by Gasteiger charge is -2.35. The number of nitro benzene ring substituents is 1. The maximum absolute atomic E-state index is 14.0. The largest absolute Gasteiger partial charge is 0.311 e. The van der Waals surface area contributed by atoms with Gasteiger partial charge in [-0.1, -0.05) is 0 Å². The van der Waals surface area contributed by atoms with Crippen LogP contribution in [0.1, 0.15) is 31.2 Å². The van der Waals surface area contributed by atoms with E-state index in [1.165, 1.54) is 25.0 Å². The summed E-state index contributed by atoms with van der Waals surface area (Å²) in [4.78, 5) is 12.2. The molecule has 122 valence electrons. The van der Waals surface area contributed by atoms with E-state index in [2.05, 4.69) is 10.2 Å². The quantitative estimate of drug-likeness (QED) is 0.681. The number of nitrogens with one attached hydrogen (secondary N) is 1. The van der Waals surface area contributed by atoms with Crippen molar-refractivity contribution in [1.29, 1.82) is 0 Å². The molecule has 2 heterocycles. The average Bonchev–Trinajstić information content (AvgIpc) is 2.79. The number of rotatable bonds is 4. The number of piperidine rings is 1. The highest BCUT2D eigenvalue weighted by Crippen LogP contribution is 2.30. The van der Waals surface area contributed by atoms with Crippen LogP contribution in [0.3, 0.4) is 0 Å². The van der Waals surface area contributed by atoms with E-state index in [0.717, 1.165) is 18.9 Å². The molecule has 2 unspecified atom stereocenters. The fourth-order valence-electron chi connectivity index (χ4n) is 3.56. The van der Waals surface area contributed by atoms with Crippen molar-refractivity contribution >= 4 is 18.1 Å². The summed E-state index contributed by atoms with van der Waals surface area (Å²) in [6.07, 6.45) is 4.67. The van der Waals surface area contributed by atoms with Crippen LogP contribution >= 0.6 is 12.4 Å². The van der Waals surface area contributed by atoms with Crippen LogP contribution in [0.4, 0.5) is 10.1 Å². The van der Waals surface area contributed by atoms with E-state index in [1.807, 2.05) is 7.05 Å². The summed E-state index contributed by atoms with van der Waals surface area (Å²) in [7, 11) is 2.01. The Bertz CT molecular complexity index is 546. The van der Waals surface area contributed by atoms with Crippen molar-refractivity contribution < 1.29 is 9.31 Å². The number of hydrogen-bond acceptors (Lipinski definition) is 4. The first-order chi connectivity index (χ1) is 10.0. The van der Waals surface area contributed by atoms with Gasteiger partial charge in [0.15, 0.2) is 0 Å². The number of halogens is 2. The van der Waals surface area contributed by atoms with Crippen molar-refractivity contribution in [1.82, 2.24) is 10.2 Å². The maximum Gasteiger partial charge on any atom is 0.272 e. The van der Waals surface area contributed by atoms with Crippen LogP contribution in [0.2, 0.25) is 0 Å². The summed E-state index contributed by atoms with van der Waals surface area (Å²) in [5.74, 6) is -0.493. The SMILES string of the molecule is CN(Cc1ccc([N+](=O)[O-])cc1F)C1CC2CCC(C1)N2.Cl. The van der Waals surface area contributed by atoms with Crippen LogP contribution in [-0.4, -0.2) is 35.0 Å². The van der Waals surface area contributed by atoms with Gasteiger partial charge in [-0.15, -0.1) is 12.4 Å². The number of non-ortho nitro benzene ring substituents is 1. The lowest BCUT2D eigenvalue weighted by molar-refractivity contribution is -0.385. The first kappa shape index (κ1) is 17.1. The van der Waals surface area contributed by atoms with Crippen LogP contribution in [0, 0.1) is 15.9 Å². The second-order valence-corrected chi connectivity index (χ2v) is 6.21. The van der Waals surface area contributed by atoms with Crippen LogP contribution in [0.15, 0.2) is 18.2 Å². The Hall–Kier alpha value is -1.24. The molecule has 2 atom stereocenters. The van der Waals surface area contributed by atoms with Gasteiger partial charge >= 0.3 is 0 Å². The van der Waals surface area contributed by atoms with E-state index in [1.54, 1.807) is 0 Å². The van der Waals surface area contributed by atoms with Crippen LogP contribution in [0.5, 0.6) is 0 Å². The minimum absolute atomic E-state index is 0. The fourth-order valence-corrected chi connectivity index (χ4v) is 3.56. The Morgan fingerprint density at radius 1 is 1.36 bits per heavy atom. The Kier molecular flexibility index (Phi) is 5.36. The number of fused-ring (bicyclic) bond motifs is 2. The zero-order valence-corrected chi connectivity index (χ0v) is 13.3. The first-order valence-corrected chi connectivity index (χ1v) is 7.42. The van der Waals surface area contributed by atoms with E-state index in [9.17, 15) is 14.5 Å². The predicted octanol–water partition coefficient (Wildman–Crippen LogP) is 2.87. The Morgan fingerprint density at radius 2 is 2.00 bits per heavy atom. The molecule has 7 heteroatoms. The van der Waals surface area contributed by atoms with E-state index < -0.39 is 10.7 Å². The van der Waals surface area contributed by atoms with E-state index in [0.29, 0.717) is 30.2 Å². The summed E-state index contributed by atoms with van der Waals surface area (Å²) in [6, 6.07) is 5.56. The highest BCUT2D eigenvalue weighted by molar-refractivity contribution is 5.85. The molecule has 1 aromatic rings. The van der Waals surface area contributed by atoms with Gasteiger partial charge < -0.3 is 5.32 Å². The highest BCUT2D eigenvalue weighted by Gasteiger charge is 2.35. The van der Waals surface area contributed by atoms with Crippen LogP contribution in [0.25, 0.3) is 0 Å². The summed E-state index contributed by atoms with van der Waals surface area (Å²) in [5, 5.41) is 14.2. The highest BCUT2D eigenvalue weighted by atomic mass is 35.5. The molecule has 2 bridgehead atoms. The van der Waals surface area contributed by atoms with E-state index in [-0.39, 0.29) is 18.1 Å². The van der Waals surface area contributed by atoms with Crippen molar-refractivity contribution in [2.45, 2.75) is 50.4 Å². The molecule has 0 saturated carbocycles. The molecule has 2 aliphatic heterocycles. The zero-order chi connectivity index (χ0) is 15.0. The second-order valence-electron chi connectivity index (χ2n) is 6.21. The molecule has 0 aliphatic carbocycles. The molecular formula is C15H21ClFN3O2. The molecule has 0 spiro atoms. The van der Waals surface area contributed by atoms with Crippen molar-refractivity contribution in [3.63, 3.8) is 0 Å². The molecule has 22 heavy (non-hydrogen) atoms. The molecule has 5 nitrogen and oxygen atoms in total. The Balaban J connectivity index is 0.00000176. The van der Waals surface area contributed by atoms with Gasteiger partial charge in [0.2, 0.25) is 0 Å². The summed E-state index contributed by atoms with van der Waals surface area (Å²) >= 11 is 0. The smallest absolute Gasteiger partial charge is 0.272 e. The van der Waals surface area contributed by atoms with Gasteiger partial charge in [0.25, 0.3) is 5.69 Å². The van der Waals surface area contributed by atoms with Gasteiger partial charge in [-0.25, -0.2) is 4.39 Å². The third-order valence-corrected chi connectivity index (χ3v) is 4.74. The summed E-state index contributed by atoms with van der Waals surface area (Å²) in [5.41, 5.74) is 0.327. The molecule has 2 saturated heterocycles. The molecule has 1 aromatic carbocycles. The van der Waals surface area contributed by atoms with Gasteiger partial charge in [-0.05, 0) is 38.8 Å². The molecule has 0 aromatic heterocycles. The van der Waals surface area contributed by atoms with Gasteiger partial charge in [0, 0.05) is 36.3 Å². The van der Waals surface area contributed by atoms with Crippen molar-refractivity contribution in [3.8, 4) is 0 Å². The summed E-state index contributed by atoms with van der Waals surface area (Å²) < 4.78 is 14.0. The van der Waals surface area contributed by atoms with Crippen LogP contribution in [-0.2, 0) is 6.54 Å². The lowest BCUT2D eigenvalue weighted by atomic mass is 9.98. The monoisotopic (exact) mass is 329 g/mol. The summed E-state index contributed by atoms with van der Waals surface area (Å²) in [6.45, 7) is 0.494. The molecule has 0 amide bonds. The molecule has 0 radical (unpaired) electrons. The molecular weight excluding hydrogens is 309 g/mol. The molecule has 1 N–H and O–H groups in total. The van der Waals surface area contributed by atoms with Gasteiger partial charge in [-0.3, -0.25) is 15.0 Å². The second kappa shape index (κ2) is 6.89. The Morgan fingerprint density at radius 3 is 2.55 bits per heavy atom. The fraction of sp³-hybridized carbons (Fsp3) is 0.600. The van der Waals surface area contributed by atoms with Crippen molar-refractivity contribution in [2.24, 2.45) is 0 Å². The topological polar surface area (TPSA) is 58.4 Å². The number of nitrogens with zero attached hydrogens (tertiary/aromatic N) is 2. The molecule has 2 aliphatic rings. The van der Waals surface area contributed by atoms with Crippen molar-refractivity contribution in [3.05, 3.63) is 39.7 Å². The number of nitro groups is 1.